The van der Waals surface area contributed by atoms with Crippen molar-refractivity contribution in [1.82, 2.24) is 9.97 Å². The number of aromatic amines is 1. The van der Waals surface area contributed by atoms with Crippen LogP contribution in [0.2, 0.25) is 0 Å². The minimum Gasteiger partial charge on any atom is -0.349 e. The van der Waals surface area contributed by atoms with Gasteiger partial charge in [0, 0.05) is 24.5 Å². The molecule has 1 aliphatic heterocycles. The molecule has 1 amide bonds. The number of aryl methyl sites for hydroxylation is 2. The number of aromatic nitrogens is 2. The van der Waals surface area contributed by atoms with E-state index in [2.05, 4.69) is 9.97 Å². The average molecular weight is 510 g/mol. The second-order valence-electron chi connectivity index (χ2n) is 9.04. The Kier molecular flexibility index (Phi) is 6.04. The lowest BCUT2D eigenvalue weighted by molar-refractivity contribution is -0.137. The second kappa shape index (κ2) is 9.06. The van der Waals surface area contributed by atoms with Crippen LogP contribution in [0.15, 0.2) is 54.9 Å². The van der Waals surface area contributed by atoms with E-state index in [1.54, 1.807) is 23.4 Å². The monoisotopic (exact) mass is 509 g/mol. The quantitative estimate of drug-likeness (QED) is 0.442. The summed E-state index contributed by atoms with van der Waals surface area (Å²) in [6, 6.07) is 12.6. The van der Waals surface area contributed by atoms with E-state index >= 15 is 0 Å². The summed E-state index contributed by atoms with van der Waals surface area (Å²) in [5.41, 5.74) is -0.609. The molecule has 5 rings (SSSR count). The number of H-pyrrole nitrogens is 1. The van der Waals surface area contributed by atoms with Gasteiger partial charge in [-0.15, -0.1) is 0 Å². The van der Waals surface area contributed by atoms with Crippen LogP contribution in [0.25, 0.3) is 0 Å². The van der Waals surface area contributed by atoms with Crippen LogP contribution in [-0.4, -0.2) is 26.5 Å². The normalized spacial score (nSPS) is 16.9. The Morgan fingerprint density at radius 2 is 1.83 bits per heavy atom. The van der Waals surface area contributed by atoms with Crippen LogP contribution in [0.1, 0.15) is 48.2 Å². The van der Waals surface area contributed by atoms with Crippen molar-refractivity contribution in [2.75, 3.05) is 9.80 Å². The third kappa shape index (κ3) is 4.03. The molecular weight excluding hydrogens is 487 g/mol. The van der Waals surface area contributed by atoms with Gasteiger partial charge in [-0.25, -0.2) is 4.98 Å². The van der Waals surface area contributed by atoms with E-state index in [4.69, 9.17) is 17.5 Å². The zero-order valence-corrected chi connectivity index (χ0v) is 20.0. The van der Waals surface area contributed by atoms with Crippen molar-refractivity contribution in [3.05, 3.63) is 77.4 Å². The number of anilines is 2. The van der Waals surface area contributed by atoms with Crippen LogP contribution in [0, 0.1) is 11.3 Å². The van der Waals surface area contributed by atoms with Crippen molar-refractivity contribution >= 4 is 34.6 Å². The number of nitrogens with one attached hydrogen (secondary N) is 1. The SMILES string of the molecule is N#Cc1ccc(N2C(=O)C3(CCC3)N(c3ccc(CCCc4ncc[nH]4)cc3)C2=S)cc1C(F)(F)F. The number of benzene rings is 2. The number of halogens is 3. The van der Waals surface area contributed by atoms with Crippen molar-refractivity contribution in [2.45, 2.75) is 50.2 Å². The van der Waals surface area contributed by atoms with Crippen molar-refractivity contribution < 1.29 is 18.0 Å². The minimum atomic E-state index is -4.73. The smallest absolute Gasteiger partial charge is 0.349 e. The Labute approximate surface area is 211 Å². The Bertz CT molecular complexity index is 1340. The topological polar surface area (TPSA) is 76.0 Å². The largest absolute Gasteiger partial charge is 0.417 e. The fourth-order valence-corrected chi connectivity index (χ4v) is 5.39. The maximum Gasteiger partial charge on any atom is 0.417 e. The molecule has 1 saturated heterocycles. The fourth-order valence-electron chi connectivity index (χ4n) is 4.92. The molecule has 36 heavy (non-hydrogen) atoms. The third-order valence-corrected chi connectivity index (χ3v) is 7.27. The Morgan fingerprint density at radius 3 is 2.42 bits per heavy atom. The molecule has 1 spiro atoms. The third-order valence-electron chi connectivity index (χ3n) is 6.91. The lowest BCUT2D eigenvalue weighted by atomic mass is 9.75. The molecule has 1 aliphatic carbocycles. The number of nitrogens with zero attached hydrogens (tertiary/aromatic N) is 4. The van der Waals surface area contributed by atoms with E-state index in [9.17, 15) is 18.0 Å². The molecule has 10 heteroatoms. The molecule has 2 aliphatic rings. The molecule has 1 aromatic heterocycles. The van der Waals surface area contributed by atoms with Crippen LogP contribution in [0.4, 0.5) is 24.5 Å². The second-order valence-corrected chi connectivity index (χ2v) is 9.40. The van der Waals surface area contributed by atoms with E-state index in [0.717, 1.165) is 54.9 Å². The molecule has 0 bridgehead atoms. The molecule has 1 N–H and O–H groups in total. The molecule has 2 aromatic carbocycles. The van der Waals surface area contributed by atoms with Gasteiger partial charge < -0.3 is 9.88 Å². The number of rotatable bonds is 6. The van der Waals surface area contributed by atoms with E-state index in [1.807, 2.05) is 24.3 Å². The summed E-state index contributed by atoms with van der Waals surface area (Å²) in [5, 5.41) is 9.26. The summed E-state index contributed by atoms with van der Waals surface area (Å²) in [5.74, 6) is 0.607. The van der Waals surface area contributed by atoms with Crippen LogP contribution >= 0.6 is 12.2 Å². The summed E-state index contributed by atoms with van der Waals surface area (Å²) in [4.78, 5) is 23.9. The van der Waals surface area contributed by atoms with Gasteiger partial charge in [-0.05, 0) is 80.2 Å². The lowest BCUT2D eigenvalue weighted by Crippen LogP contribution is -2.55. The predicted molar refractivity (Wildman–Crippen MR) is 132 cm³/mol. The highest BCUT2D eigenvalue weighted by atomic mass is 32.1. The fraction of sp³-hybridized carbons (Fsp3) is 0.308. The molecule has 2 heterocycles. The Hall–Kier alpha value is -3.71. The molecule has 1 saturated carbocycles. The van der Waals surface area contributed by atoms with Crippen molar-refractivity contribution in [3.63, 3.8) is 0 Å². The van der Waals surface area contributed by atoms with E-state index < -0.39 is 22.8 Å². The van der Waals surface area contributed by atoms with Gasteiger partial charge in [-0.1, -0.05) is 12.1 Å². The standard InChI is InChI=1S/C26H22F3N5OS/c27-26(28,29)21-15-20(10-7-18(21)16-30)33-23(35)25(11-2-12-25)34(24(33)36)19-8-5-17(6-9-19)3-1-4-22-31-13-14-32-22/h5-10,13-15H,1-4,11-12H2,(H,31,32). The molecular formula is C26H22F3N5OS. The predicted octanol–water partition coefficient (Wildman–Crippen LogP) is 5.54. The first-order valence-electron chi connectivity index (χ1n) is 11.6. The average Bonchev–Trinajstić information content (AvgIpc) is 3.42. The molecule has 2 fully saturated rings. The van der Waals surface area contributed by atoms with Gasteiger partial charge >= 0.3 is 6.18 Å². The highest BCUT2D eigenvalue weighted by Crippen LogP contribution is 2.48. The van der Waals surface area contributed by atoms with Crippen molar-refractivity contribution in [3.8, 4) is 6.07 Å². The van der Waals surface area contributed by atoms with E-state index in [1.165, 1.54) is 11.0 Å². The summed E-state index contributed by atoms with van der Waals surface area (Å²) in [7, 11) is 0. The minimum absolute atomic E-state index is 0.0136. The van der Waals surface area contributed by atoms with Gasteiger partial charge in [0.25, 0.3) is 5.91 Å². The molecule has 3 aromatic rings. The number of nitriles is 1. The highest BCUT2D eigenvalue weighted by Gasteiger charge is 2.59. The van der Waals surface area contributed by atoms with Gasteiger partial charge in [-0.3, -0.25) is 9.69 Å². The zero-order valence-electron chi connectivity index (χ0n) is 19.2. The number of hydrogen-bond acceptors (Lipinski definition) is 4. The zero-order chi connectivity index (χ0) is 25.5. The highest BCUT2D eigenvalue weighted by molar-refractivity contribution is 7.81. The number of thiocarbonyl (C=S) groups is 1. The molecule has 0 unspecified atom stereocenters. The number of carbonyl (C=O) groups excluding carboxylic acids is 1. The van der Waals surface area contributed by atoms with Crippen LogP contribution < -0.4 is 9.80 Å². The Morgan fingerprint density at radius 1 is 1.11 bits per heavy atom. The maximum absolute atomic E-state index is 13.6. The van der Waals surface area contributed by atoms with Gasteiger partial charge in [0.05, 0.1) is 22.9 Å². The van der Waals surface area contributed by atoms with Gasteiger partial charge in [0.15, 0.2) is 5.11 Å². The maximum atomic E-state index is 13.6. The molecule has 0 radical (unpaired) electrons. The van der Waals surface area contributed by atoms with Crippen molar-refractivity contribution in [1.29, 1.82) is 5.26 Å². The van der Waals surface area contributed by atoms with Crippen LogP contribution in [0.5, 0.6) is 0 Å². The summed E-state index contributed by atoms with van der Waals surface area (Å²) in [6.07, 6.45) is 3.36. The van der Waals surface area contributed by atoms with Crippen molar-refractivity contribution in [2.24, 2.45) is 0 Å². The Balaban J connectivity index is 1.41. The van der Waals surface area contributed by atoms with Gasteiger partial charge in [0.2, 0.25) is 0 Å². The van der Waals surface area contributed by atoms with Crippen LogP contribution in [0.3, 0.4) is 0 Å². The summed E-state index contributed by atoms with van der Waals surface area (Å²) >= 11 is 5.67. The van der Waals surface area contributed by atoms with E-state index in [0.29, 0.717) is 12.8 Å². The first-order valence-corrected chi connectivity index (χ1v) is 12.0. The number of hydrogen-bond donors (Lipinski definition) is 1. The van der Waals surface area contributed by atoms with Gasteiger partial charge in [0.1, 0.15) is 11.4 Å². The number of carbonyl (C=O) groups is 1. The number of imidazole rings is 1. The van der Waals surface area contributed by atoms with Gasteiger partial charge in [-0.2, -0.15) is 18.4 Å². The molecule has 6 nitrogen and oxygen atoms in total. The number of alkyl halides is 3. The first-order chi connectivity index (χ1) is 17.2. The molecule has 184 valence electrons. The lowest BCUT2D eigenvalue weighted by Gasteiger charge is -2.43. The summed E-state index contributed by atoms with van der Waals surface area (Å²) in [6.45, 7) is 0. The first kappa shape index (κ1) is 24.0. The molecule has 0 atom stereocenters. The van der Waals surface area contributed by atoms with Crippen LogP contribution in [-0.2, 0) is 23.8 Å². The number of amides is 1. The summed E-state index contributed by atoms with van der Waals surface area (Å²) < 4.78 is 40.7. The van der Waals surface area contributed by atoms with E-state index in [-0.39, 0.29) is 16.7 Å².